The van der Waals surface area contributed by atoms with Gasteiger partial charge in [0.25, 0.3) is 0 Å². The number of esters is 1. The number of rotatable bonds is 3. The number of ether oxygens (including phenoxy) is 2. The fourth-order valence-electron chi connectivity index (χ4n) is 6.90. The predicted molar refractivity (Wildman–Crippen MR) is 102 cm³/mol. The molecule has 0 amide bonds. The lowest BCUT2D eigenvalue weighted by Crippen LogP contribution is -2.75. The molecule has 1 aromatic rings. The van der Waals surface area contributed by atoms with Gasteiger partial charge in [-0.15, -0.1) is 0 Å². The SMILES string of the molecule is CC=C1C2[C@@H]3[C@H](OCC)ON2[C@H]2C[C@@H]1[C@@H](C(=O)OC)[C@]31C2=Nc2ccccc21. The van der Waals surface area contributed by atoms with Crippen molar-refractivity contribution in [2.45, 2.75) is 44.1 Å². The standard InChI is InChI=1S/C22H24N2O4/c1-4-11-12-10-15-19-22(16(12)20(25)26-3,13-8-6-7-9-14(13)23-19)17-18(11)24(15)28-21(17)27-5-2/h4,6-9,12,15-18,21H,5,10H2,1-3H3/t12-,15-,16-,17+,18?,21+,22-/m0/s1. The number of hydrogen-bond donors (Lipinski definition) is 0. The Morgan fingerprint density at radius 2 is 2.25 bits per heavy atom. The normalized spacial score (nSPS) is 45.2. The summed E-state index contributed by atoms with van der Waals surface area (Å²) in [5.41, 5.74) is 3.95. The second-order valence-corrected chi connectivity index (χ2v) is 8.29. The first-order chi connectivity index (χ1) is 13.7. The van der Waals surface area contributed by atoms with E-state index >= 15 is 0 Å². The summed E-state index contributed by atoms with van der Waals surface area (Å²) in [6, 6.07) is 8.45. The monoisotopic (exact) mass is 380 g/mol. The first-order valence-electron chi connectivity index (χ1n) is 10.2. The van der Waals surface area contributed by atoms with Crippen LogP contribution in [0.25, 0.3) is 0 Å². The fourth-order valence-corrected chi connectivity index (χ4v) is 6.90. The van der Waals surface area contributed by atoms with E-state index < -0.39 is 11.7 Å². The molecule has 28 heavy (non-hydrogen) atoms. The van der Waals surface area contributed by atoms with Crippen LogP contribution in [0.1, 0.15) is 25.8 Å². The van der Waals surface area contributed by atoms with E-state index in [0.717, 1.165) is 23.4 Å². The number of carbonyl (C=O) groups is 1. The van der Waals surface area contributed by atoms with Crippen molar-refractivity contribution in [1.29, 1.82) is 0 Å². The molecule has 8 atom stereocenters. The maximum atomic E-state index is 13.3. The molecule has 146 valence electrons. The topological polar surface area (TPSA) is 60.4 Å². The zero-order valence-electron chi connectivity index (χ0n) is 16.3. The van der Waals surface area contributed by atoms with E-state index in [4.69, 9.17) is 19.3 Å². The third-order valence-electron chi connectivity index (χ3n) is 7.56. The Kier molecular flexibility index (Phi) is 3.33. The van der Waals surface area contributed by atoms with Gasteiger partial charge < -0.3 is 9.47 Å². The van der Waals surface area contributed by atoms with Crippen molar-refractivity contribution in [1.82, 2.24) is 5.06 Å². The number of fused-ring (bicyclic) bond motifs is 1. The van der Waals surface area contributed by atoms with E-state index in [-0.39, 0.29) is 35.8 Å². The van der Waals surface area contributed by atoms with Crippen LogP contribution in [0, 0.1) is 17.8 Å². The minimum Gasteiger partial charge on any atom is -0.469 e. The Hall–Kier alpha value is -2.02. The van der Waals surface area contributed by atoms with Crippen molar-refractivity contribution >= 4 is 17.4 Å². The summed E-state index contributed by atoms with van der Waals surface area (Å²) < 4.78 is 11.5. The number of carbonyl (C=O) groups excluding carboxylic acids is 1. The molecule has 6 aliphatic rings. The zero-order chi connectivity index (χ0) is 19.2. The highest BCUT2D eigenvalue weighted by Crippen LogP contribution is 2.69. The molecule has 6 bridgehead atoms. The molecule has 1 spiro atoms. The van der Waals surface area contributed by atoms with Crippen LogP contribution in [0.4, 0.5) is 5.69 Å². The molecule has 6 nitrogen and oxygen atoms in total. The average Bonchev–Trinajstić information content (AvgIpc) is 3.24. The Morgan fingerprint density at radius 3 is 3.00 bits per heavy atom. The van der Waals surface area contributed by atoms with Gasteiger partial charge in [-0.25, -0.2) is 0 Å². The molecule has 1 aromatic carbocycles. The number of nitrogens with zero attached hydrogens (tertiary/aromatic N) is 2. The maximum absolute atomic E-state index is 13.3. The summed E-state index contributed by atoms with van der Waals surface area (Å²) in [7, 11) is 1.49. The summed E-state index contributed by atoms with van der Waals surface area (Å²) in [4.78, 5) is 24.7. The lowest BCUT2D eigenvalue weighted by Gasteiger charge is -2.63. The third kappa shape index (κ3) is 1.64. The number of allylic oxidation sites excluding steroid dienone is 1. The van der Waals surface area contributed by atoms with Crippen molar-refractivity contribution in [2.24, 2.45) is 22.7 Å². The molecular formula is C22H24N2O4. The van der Waals surface area contributed by atoms with Crippen molar-refractivity contribution in [2.75, 3.05) is 13.7 Å². The minimum atomic E-state index is -0.513. The largest absolute Gasteiger partial charge is 0.469 e. The van der Waals surface area contributed by atoms with E-state index in [1.54, 1.807) is 0 Å². The number of methoxy groups -OCH3 is 1. The van der Waals surface area contributed by atoms with Gasteiger partial charge in [0.05, 0.1) is 41.9 Å². The molecule has 6 heteroatoms. The zero-order valence-corrected chi connectivity index (χ0v) is 16.3. The smallest absolute Gasteiger partial charge is 0.310 e. The highest BCUT2D eigenvalue weighted by atomic mass is 16.8. The Morgan fingerprint density at radius 1 is 1.43 bits per heavy atom. The predicted octanol–water partition coefficient (Wildman–Crippen LogP) is 2.76. The van der Waals surface area contributed by atoms with Crippen LogP contribution in [0.5, 0.6) is 0 Å². The molecule has 2 unspecified atom stereocenters. The van der Waals surface area contributed by atoms with Crippen LogP contribution in [-0.2, 0) is 24.5 Å². The Balaban J connectivity index is 1.68. The van der Waals surface area contributed by atoms with Gasteiger partial charge >= 0.3 is 5.97 Å². The molecule has 3 saturated heterocycles. The summed E-state index contributed by atoms with van der Waals surface area (Å²) in [5, 5.41) is 2.12. The van der Waals surface area contributed by atoms with Gasteiger partial charge in [-0.05, 0) is 37.8 Å². The lowest BCUT2D eigenvalue weighted by molar-refractivity contribution is -0.249. The van der Waals surface area contributed by atoms with E-state index in [2.05, 4.69) is 30.2 Å². The first-order valence-corrected chi connectivity index (χ1v) is 10.2. The highest BCUT2D eigenvalue weighted by molar-refractivity contribution is 6.10. The molecule has 0 radical (unpaired) electrons. The molecule has 2 aliphatic carbocycles. The minimum absolute atomic E-state index is 0.0158. The lowest BCUT2D eigenvalue weighted by atomic mass is 9.42. The molecule has 2 saturated carbocycles. The third-order valence-corrected chi connectivity index (χ3v) is 7.56. The van der Waals surface area contributed by atoms with Crippen LogP contribution in [0.15, 0.2) is 40.9 Å². The van der Waals surface area contributed by atoms with Crippen molar-refractivity contribution in [3.05, 3.63) is 41.5 Å². The number of para-hydroxylation sites is 1. The van der Waals surface area contributed by atoms with Gasteiger partial charge in [0.1, 0.15) is 0 Å². The number of aliphatic imine (C=N–C) groups is 1. The van der Waals surface area contributed by atoms with E-state index in [1.165, 1.54) is 12.7 Å². The van der Waals surface area contributed by atoms with E-state index in [0.29, 0.717) is 6.61 Å². The highest BCUT2D eigenvalue weighted by Gasteiger charge is 2.78. The Bertz CT molecular complexity index is 940. The summed E-state index contributed by atoms with van der Waals surface area (Å²) in [6.07, 6.45) is 2.61. The molecule has 4 aliphatic heterocycles. The maximum Gasteiger partial charge on any atom is 0.310 e. The van der Waals surface area contributed by atoms with E-state index in [9.17, 15) is 4.79 Å². The molecule has 0 aromatic heterocycles. The van der Waals surface area contributed by atoms with Gasteiger partial charge in [-0.1, -0.05) is 29.8 Å². The van der Waals surface area contributed by atoms with Gasteiger partial charge in [-0.3, -0.25) is 14.6 Å². The summed E-state index contributed by atoms with van der Waals surface area (Å²) in [6.45, 7) is 4.62. The van der Waals surface area contributed by atoms with E-state index in [1.807, 2.05) is 19.1 Å². The van der Waals surface area contributed by atoms with Crippen LogP contribution in [0.2, 0.25) is 0 Å². The first kappa shape index (κ1) is 16.9. The van der Waals surface area contributed by atoms with Gasteiger partial charge in [0.2, 0.25) is 0 Å². The van der Waals surface area contributed by atoms with Crippen molar-refractivity contribution in [3.63, 3.8) is 0 Å². The summed E-state index contributed by atoms with van der Waals surface area (Å²) >= 11 is 0. The number of piperidine rings is 2. The van der Waals surface area contributed by atoms with Gasteiger partial charge in [0.15, 0.2) is 6.29 Å². The van der Waals surface area contributed by atoms with Crippen LogP contribution < -0.4 is 0 Å². The molecule has 0 N–H and O–H groups in total. The van der Waals surface area contributed by atoms with Gasteiger partial charge in [-0.2, -0.15) is 5.06 Å². The fraction of sp³-hybridized carbons (Fsp3) is 0.545. The summed E-state index contributed by atoms with van der Waals surface area (Å²) in [5.74, 6) is -0.316. The second-order valence-electron chi connectivity index (χ2n) is 8.29. The molecule has 4 heterocycles. The molecular weight excluding hydrogens is 356 g/mol. The Labute approximate surface area is 164 Å². The number of hydrogen-bond acceptors (Lipinski definition) is 6. The molecule has 5 fully saturated rings. The number of benzene rings is 1. The quantitative estimate of drug-likeness (QED) is 0.596. The second kappa shape index (κ2) is 5.53. The number of hydroxylamine groups is 2. The molecule has 7 rings (SSSR count). The van der Waals surface area contributed by atoms with Crippen LogP contribution in [0.3, 0.4) is 0 Å². The van der Waals surface area contributed by atoms with Crippen LogP contribution in [-0.4, -0.2) is 48.8 Å². The van der Waals surface area contributed by atoms with Crippen molar-refractivity contribution < 1.29 is 19.1 Å². The van der Waals surface area contributed by atoms with Gasteiger partial charge in [0, 0.05) is 12.5 Å². The van der Waals surface area contributed by atoms with Crippen LogP contribution >= 0.6 is 0 Å². The average molecular weight is 380 g/mol. The van der Waals surface area contributed by atoms with Crippen molar-refractivity contribution in [3.8, 4) is 0 Å².